The van der Waals surface area contributed by atoms with E-state index in [2.05, 4.69) is 26.1 Å². The van der Waals surface area contributed by atoms with Crippen molar-refractivity contribution in [1.82, 2.24) is 10.4 Å². The van der Waals surface area contributed by atoms with Gasteiger partial charge in [0.1, 0.15) is 0 Å². The number of hydrogen-bond donors (Lipinski definition) is 3. The summed E-state index contributed by atoms with van der Waals surface area (Å²) in [6.45, 7) is 4.42. The maximum absolute atomic E-state index is 10.2. The monoisotopic (exact) mass is 289 g/mol. The first-order valence-corrected chi connectivity index (χ1v) is 7.93. The molecular formula is C15H23N5O+2. The molecule has 0 aromatic heterocycles. The molecule has 6 heteroatoms. The number of para-hydroxylation sites is 2. The van der Waals surface area contributed by atoms with Crippen molar-refractivity contribution in [2.24, 2.45) is 0 Å². The van der Waals surface area contributed by atoms with E-state index in [0.717, 1.165) is 37.6 Å². The summed E-state index contributed by atoms with van der Waals surface area (Å²) in [6.07, 6.45) is 5.01. The molecule has 2 fully saturated rings. The summed E-state index contributed by atoms with van der Waals surface area (Å²) in [5.74, 6) is 1.21. The average Bonchev–Trinajstić information content (AvgIpc) is 3.24. The third-order valence-electron chi connectivity index (χ3n) is 4.60. The molecule has 1 aromatic carbocycles. The van der Waals surface area contributed by atoms with Crippen LogP contribution in [0.3, 0.4) is 0 Å². The Balaban J connectivity index is 1.76. The molecule has 112 valence electrons. The highest BCUT2D eigenvalue weighted by molar-refractivity contribution is 5.94. The largest absolute Gasteiger partial charge is 0.377 e. The van der Waals surface area contributed by atoms with E-state index in [1.165, 1.54) is 31.6 Å². The summed E-state index contributed by atoms with van der Waals surface area (Å²) >= 11 is 0. The van der Waals surface area contributed by atoms with Crippen LogP contribution in [0.15, 0.2) is 24.3 Å². The molecule has 1 aromatic rings. The van der Waals surface area contributed by atoms with Gasteiger partial charge in [0.15, 0.2) is 5.69 Å². The lowest BCUT2D eigenvalue weighted by Gasteiger charge is -2.21. The molecule has 2 saturated heterocycles. The van der Waals surface area contributed by atoms with Crippen LogP contribution in [0, 0.1) is 0 Å². The van der Waals surface area contributed by atoms with E-state index in [4.69, 9.17) is 0 Å². The number of likely N-dealkylation sites (tertiary alicyclic amines) is 1. The minimum Gasteiger partial charge on any atom is -0.263 e. The van der Waals surface area contributed by atoms with Gasteiger partial charge in [-0.25, -0.2) is 0 Å². The highest BCUT2D eigenvalue weighted by Crippen LogP contribution is 2.26. The second-order valence-electron chi connectivity index (χ2n) is 6.00. The van der Waals surface area contributed by atoms with Crippen LogP contribution in [0.1, 0.15) is 25.7 Å². The quantitative estimate of drug-likeness (QED) is 0.468. The number of nitrogens with one attached hydrogen (secondary N) is 2. The number of nitrogens with zero attached hydrogens (tertiary/aromatic N) is 3. The number of hydrazine groups is 1. The number of rotatable bonds is 0. The molecule has 0 aliphatic carbocycles. The molecule has 6 nitrogen and oxygen atoms in total. The van der Waals surface area contributed by atoms with Gasteiger partial charge >= 0.3 is 5.96 Å². The van der Waals surface area contributed by atoms with Gasteiger partial charge in [0.2, 0.25) is 5.69 Å². The fourth-order valence-electron chi connectivity index (χ4n) is 3.57. The van der Waals surface area contributed by atoms with Crippen molar-refractivity contribution in [2.75, 3.05) is 31.2 Å². The Morgan fingerprint density at radius 1 is 1.10 bits per heavy atom. The van der Waals surface area contributed by atoms with Crippen molar-refractivity contribution in [1.29, 1.82) is 0 Å². The zero-order valence-corrected chi connectivity index (χ0v) is 12.3. The van der Waals surface area contributed by atoms with E-state index in [9.17, 15) is 5.21 Å². The first-order valence-electron chi connectivity index (χ1n) is 7.93. The van der Waals surface area contributed by atoms with Crippen LogP contribution >= 0.6 is 0 Å². The lowest BCUT2D eigenvalue weighted by Crippen LogP contribution is -3.11. The zero-order chi connectivity index (χ0) is 14.2. The maximum atomic E-state index is 10.2. The second kappa shape index (κ2) is 5.29. The van der Waals surface area contributed by atoms with Crippen LogP contribution in [0.25, 0.3) is 0 Å². The van der Waals surface area contributed by atoms with Gasteiger partial charge in [-0.05, 0) is 31.7 Å². The molecule has 1 atom stereocenters. The van der Waals surface area contributed by atoms with E-state index < -0.39 is 0 Å². The lowest BCUT2D eigenvalue weighted by molar-refractivity contribution is -1.07. The molecular weight excluding hydrogens is 266 g/mol. The second-order valence-corrected chi connectivity index (χ2v) is 6.00. The number of fused-ring (bicyclic) bond motifs is 1. The van der Waals surface area contributed by atoms with Crippen molar-refractivity contribution < 1.29 is 15.0 Å². The summed E-state index contributed by atoms with van der Waals surface area (Å²) < 4.78 is 2.45. The summed E-state index contributed by atoms with van der Waals surface area (Å²) in [5, 5.41) is 12.5. The molecule has 3 heterocycles. The number of benzene rings is 1. The van der Waals surface area contributed by atoms with E-state index in [0.29, 0.717) is 0 Å². The Morgan fingerprint density at radius 3 is 2.57 bits per heavy atom. The molecule has 4 rings (SSSR count). The van der Waals surface area contributed by atoms with Crippen LogP contribution in [0.2, 0.25) is 0 Å². The van der Waals surface area contributed by atoms with Gasteiger partial charge in [-0.15, -0.1) is 5.01 Å². The Hall–Kier alpha value is -1.63. The normalized spacial score (nSPS) is 24.8. The van der Waals surface area contributed by atoms with Crippen molar-refractivity contribution >= 4 is 17.3 Å². The number of hydrogen-bond acceptors (Lipinski definition) is 2. The summed E-state index contributed by atoms with van der Waals surface area (Å²) in [7, 11) is 0. The highest BCUT2D eigenvalue weighted by atomic mass is 16.6. The lowest BCUT2D eigenvalue weighted by atomic mass is 10.2. The van der Waals surface area contributed by atoms with E-state index >= 15 is 0 Å². The SMILES string of the molecule is O[NH+]1NN(C(N2CCCC2)=[N+]2CCCC2)c2ccccc21. The highest BCUT2D eigenvalue weighted by Gasteiger charge is 2.43. The van der Waals surface area contributed by atoms with Gasteiger partial charge < -0.3 is 0 Å². The van der Waals surface area contributed by atoms with Gasteiger partial charge in [0.25, 0.3) is 0 Å². The smallest absolute Gasteiger partial charge is 0.263 e. The number of quaternary nitrogens is 1. The molecule has 3 aliphatic heterocycles. The molecule has 0 radical (unpaired) electrons. The Kier molecular flexibility index (Phi) is 3.29. The van der Waals surface area contributed by atoms with Crippen LogP contribution < -0.4 is 15.7 Å². The Labute approximate surface area is 124 Å². The third kappa shape index (κ3) is 2.19. The van der Waals surface area contributed by atoms with Gasteiger partial charge in [0, 0.05) is 11.6 Å². The third-order valence-corrected chi connectivity index (χ3v) is 4.60. The van der Waals surface area contributed by atoms with Crippen molar-refractivity contribution in [3.05, 3.63) is 24.3 Å². The maximum Gasteiger partial charge on any atom is 0.377 e. The molecule has 1 unspecified atom stereocenters. The van der Waals surface area contributed by atoms with Gasteiger partial charge in [0.05, 0.1) is 26.2 Å². The average molecular weight is 289 g/mol. The number of anilines is 1. The molecule has 0 saturated carbocycles. The summed E-state index contributed by atoms with van der Waals surface area (Å²) in [5.41, 5.74) is 5.09. The number of guanidine groups is 1. The zero-order valence-electron chi connectivity index (χ0n) is 12.3. The fraction of sp³-hybridized carbons (Fsp3) is 0.533. The summed E-state index contributed by atoms with van der Waals surface area (Å²) in [4.78, 5) is 2.45. The van der Waals surface area contributed by atoms with Gasteiger partial charge in [-0.1, -0.05) is 17.3 Å². The van der Waals surface area contributed by atoms with E-state index in [1.54, 1.807) is 0 Å². The Morgan fingerprint density at radius 2 is 1.81 bits per heavy atom. The first-order chi connectivity index (χ1) is 10.3. The standard InChI is InChI=1S/C15H22N5O/c21-20-14-8-2-1-7-13(14)19(16-20)15(17-9-3-4-10-17)18-11-5-6-12-18/h1-2,7-8,16,21H,3-6,9-12H2/q+1/p+1. The van der Waals surface area contributed by atoms with Crippen LogP contribution in [0.5, 0.6) is 0 Å². The minimum absolute atomic E-state index is 0.251. The van der Waals surface area contributed by atoms with Gasteiger partial charge in [-0.2, -0.15) is 5.21 Å². The topological polar surface area (TPSA) is 46.2 Å². The minimum atomic E-state index is 0.251. The predicted octanol–water partition coefficient (Wildman–Crippen LogP) is 0.0899. The van der Waals surface area contributed by atoms with Crippen LogP contribution in [-0.2, 0) is 0 Å². The Bertz CT molecular complexity index is 559. The molecule has 21 heavy (non-hydrogen) atoms. The van der Waals surface area contributed by atoms with Crippen LogP contribution in [0.4, 0.5) is 11.4 Å². The van der Waals surface area contributed by atoms with Crippen molar-refractivity contribution in [3.8, 4) is 0 Å². The summed E-state index contributed by atoms with van der Waals surface area (Å²) in [6, 6.07) is 8.02. The van der Waals surface area contributed by atoms with Crippen molar-refractivity contribution in [3.63, 3.8) is 0 Å². The molecule has 3 aliphatic rings. The predicted molar refractivity (Wildman–Crippen MR) is 79.5 cm³/mol. The first kappa shape index (κ1) is 13.1. The molecule has 0 amide bonds. The molecule has 0 bridgehead atoms. The molecule has 0 spiro atoms. The fourth-order valence-corrected chi connectivity index (χ4v) is 3.57. The molecule has 3 N–H and O–H groups in total. The van der Waals surface area contributed by atoms with Crippen molar-refractivity contribution in [2.45, 2.75) is 25.7 Å². The van der Waals surface area contributed by atoms with Crippen LogP contribution in [-0.4, -0.2) is 46.8 Å². The van der Waals surface area contributed by atoms with Gasteiger partial charge in [-0.3, -0.25) is 9.48 Å². The van der Waals surface area contributed by atoms with E-state index in [-0.39, 0.29) is 5.17 Å². The van der Waals surface area contributed by atoms with E-state index in [1.807, 2.05) is 18.2 Å².